The maximum atomic E-state index is 11.6. The van der Waals surface area contributed by atoms with Crippen molar-refractivity contribution in [3.05, 3.63) is 0 Å². The first-order valence-corrected chi connectivity index (χ1v) is 5.82. The van der Waals surface area contributed by atoms with E-state index in [1.165, 1.54) is 6.42 Å². The summed E-state index contributed by atoms with van der Waals surface area (Å²) in [5.41, 5.74) is 0. The van der Waals surface area contributed by atoms with Gasteiger partial charge in [-0.05, 0) is 31.8 Å². The second-order valence-corrected chi connectivity index (χ2v) is 4.39. The fourth-order valence-corrected chi connectivity index (χ4v) is 2.17. The Kier molecular flexibility index (Phi) is 3.97. The lowest BCUT2D eigenvalue weighted by Crippen LogP contribution is -2.32. The van der Waals surface area contributed by atoms with Crippen LogP contribution >= 0.6 is 0 Å². The van der Waals surface area contributed by atoms with Crippen LogP contribution in [-0.2, 0) is 14.3 Å². The summed E-state index contributed by atoms with van der Waals surface area (Å²) in [5, 5.41) is 3.30. The van der Waals surface area contributed by atoms with E-state index in [9.17, 15) is 4.79 Å². The van der Waals surface area contributed by atoms with Crippen LogP contribution in [0.25, 0.3) is 0 Å². The van der Waals surface area contributed by atoms with Crippen LogP contribution in [-0.4, -0.2) is 38.4 Å². The van der Waals surface area contributed by atoms with Gasteiger partial charge in [-0.1, -0.05) is 0 Å². The van der Waals surface area contributed by atoms with Gasteiger partial charge in [-0.2, -0.15) is 0 Å². The normalized spacial score (nSPS) is 31.5. The van der Waals surface area contributed by atoms with E-state index in [1.54, 1.807) is 0 Å². The van der Waals surface area contributed by atoms with Gasteiger partial charge in [-0.15, -0.1) is 0 Å². The number of esters is 1. The van der Waals surface area contributed by atoms with Crippen molar-refractivity contribution in [1.82, 2.24) is 5.32 Å². The fourth-order valence-electron chi connectivity index (χ4n) is 2.17. The van der Waals surface area contributed by atoms with Crippen LogP contribution < -0.4 is 5.32 Å². The molecule has 2 heterocycles. The molecule has 0 amide bonds. The van der Waals surface area contributed by atoms with E-state index in [0.717, 1.165) is 32.5 Å². The van der Waals surface area contributed by atoms with Crippen molar-refractivity contribution >= 4 is 5.97 Å². The monoisotopic (exact) mass is 213 g/mol. The number of piperidine rings is 1. The Morgan fingerprint density at radius 3 is 3.07 bits per heavy atom. The molecule has 4 heteroatoms. The summed E-state index contributed by atoms with van der Waals surface area (Å²) in [6.07, 6.45) is 3.74. The van der Waals surface area contributed by atoms with Gasteiger partial charge in [0.2, 0.25) is 0 Å². The Balaban J connectivity index is 1.66. The van der Waals surface area contributed by atoms with Crippen LogP contribution in [0.15, 0.2) is 0 Å². The minimum Gasteiger partial charge on any atom is -0.460 e. The summed E-state index contributed by atoms with van der Waals surface area (Å²) in [4.78, 5) is 11.6. The molecule has 2 aliphatic heterocycles. The molecule has 2 saturated heterocycles. The maximum Gasteiger partial charge on any atom is 0.306 e. The Labute approximate surface area is 90.3 Å². The van der Waals surface area contributed by atoms with Gasteiger partial charge < -0.3 is 14.8 Å². The van der Waals surface area contributed by atoms with E-state index >= 15 is 0 Å². The maximum absolute atomic E-state index is 11.6. The molecule has 0 aliphatic carbocycles. The summed E-state index contributed by atoms with van der Waals surface area (Å²) >= 11 is 0. The van der Waals surface area contributed by atoms with E-state index in [-0.39, 0.29) is 12.1 Å². The van der Waals surface area contributed by atoms with Gasteiger partial charge in [0.15, 0.2) is 0 Å². The van der Waals surface area contributed by atoms with Crippen LogP contribution in [0.2, 0.25) is 0 Å². The molecule has 86 valence electrons. The zero-order chi connectivity index (χ0) is 10.5. The fraction of sp³-hybridized carbons (Fsp3) is 0.909. The van der Waals surface area contributed by atoms with Gasteiger partial charge >= 0.3 is 5.97 Å². The van der Waals surface area contributed by atoms with E-state index in [0.29, 0.717) is 18.9 Å². The highest BCUT2D eigenvalue weighted by molar-refractivity contribution is 5.70. The second-order valence-electron chi connectivity index (χ2n) is 4.39. The minimum absolute atomic E-state index is 0.00838. The average molecular weight is 213 g/mol. The topological polar surface area (TPSA) is 47.6 Å². The summed E-state index contributed by atoms with van der Waals surface area (Å²) in [7, 11) is 0. The predicted molar refractivity (Wildman–Crippen MR) is 55.5 cm³/mol. The van der Waals surface area contributed by atoms with Gasteiger partial charge in [0.05, 0.1) is 13.2 Å². The molecule has 1 N–H and O–H groups in total. The van der Waals surface area contributed by atoms with Crippen LogP contribution in [0, 0.1) is 5.92 Å². The van der Waals surface area contributed by atoms with E-state index in [1.807, 2.05) is 0 Å². The quantitative estimate of drug-likeness (QED) is 0.701. The van der Waals surface area contributed by atoms with Crippen molar-refractivity contribution in [3.8, 4) is 0 Å². The van der Waals surface area contributed by atoms with Crippen molar-refractivity contribution in [1.29, 1.82) is 0 Å². The molecule has 4 nitrogen and oxygen atoms in total. The second kappa shape index (κ2) is 5.47. The van der Waals surface area contributed by atoms with Crippen LogP contribution in [0.4, 0.5) is 0 Å². The van der Waals surface area contributed by atoms with Crippen molar-refractivity contribution in [2.45, 2.75) is 31.8 Å². The first kappa shape index (κ1) is 10.9. The molecule has 0 aromatic rings. The Morgan fingerprint density at radius 2 is 2.40 bits per heavy atom. The lowest BCUT2D eigenvalue weighted by atomic mass is 9.96. The zero-order valence-electron chi connectivity index (χ0n) is 9.04. The van der Waals surface area contributed by atoms with Crippen molar-refractivity contribution in [3.63, 3.8) is 0 Å². The first-order chi connectivity index (χ1) is 7.34. The highest BCUT2D eigenvalue weighted by atomic mass is 16.6. The van der Waals surface area contributed by atoms with E-state index in [4.69, 9.17) is 9.47 Å². The largest absolute Gasteiger partial charge is 0.460 e. The summed E-state index contributed by atoms with van der Waals surface area (Å²) in [6, 6.07) is 0. The third-order valence-electron chi connectivity index (χ3n) is 3.04. The molecule has 0 radical (unpaired) electrons. The third kappa shape index (κ3) is 3.47. The molecule has 2 rings (SSSR count). The van der Waals surface area contributed by atoms with Crippen molar-refractivity contribution < 1.29 is 14.3 Å². The predicted octanol–water partition coefficient (Wildman–Crippen LogP) is 0.708. The zero-order valence-corrected chi connectivity index (χ0v) is 9.04. The van der Waals surface area contributed by atoms with Crippen molar-refractivity contribution in [2.75, 3.05) is 26.3 Å². The number of hydrogen-bond acceptors (Lipinski definition) is 4. The highest BCUT2D eigenvalue weighted by Gasteiger charge is 2.22. The molecule has 0 aromatic heterocycles. The minimum atomic E-state index is -0.0563. The molecule has 0 bridgehead atoms. The molecular formula is C11H19NO3. The summed E-state index contributed by atoms with van der Waals surface area (Å²) in [5.74, 6) is 0.410. The standard InChI is InChI=1S/C11H19NO3/c13-11(15-10-3-5-14-8-10)6-9-2-1-4-12-7-9/h9-10,12H,1-8H2. The molecule has 2 fully saturated rings. The van der Waals surface area contributed by atoms with Crippen LogP contribution in [0.3, 0.4) is 0 Å². The van der Waals surface area contributed by atoms with Crippen molar-refractivity contribution in [2.24, 2.45) is 5.92 Å². The number of carbonyl (C=O) groups is 1. The van der Waals surface area contributed by atoms with Gasteiger partial charge in [0.1, 0.15) is 6.10 Å². The Bertz CT molecular complexity index is 208. The van der Waals surface area contributed by atoms with E-state index < -0.39 is 0 Å². The smallest absolute Gasteiger partial charge is 0.306 e. The number of nitrogens with one attached hydrogen (secondary N) is 1. The molecule has 0 spiro atoms. The van der Waals surface area contributed by atoms with Crippen LogP contribution in [0.1, 0.15) is 25.7 Å². The number of rotatable bonds is 3. The lowest BCUT2D eigenvalue weighted by Gasteiger charge is -2.22. The average Bonchev–Trinajstić information content (AvgIpc) is 2.71. The number of hydrogen-bond donors (Lipinski definition) is 1. The molecule has 0 aromatic carbocycles. The molecule has 2 atom stereocenters. The number of carbonyl (C=O) groups excluding carboxylic acids is 1. The molecule has 2 aliphatic rings. The Hall–Kier alpha value is -0.610. The molecule has 2 unspecified atom stereocenters. The van der Waals surface area contributed by atoms with Gasteiger partial charge in [-0.25, -0.2) is 0 Å². The van der Waals surface area contributed by atoms with Crippen LogP contribution in [0.5, 0.6) is 0 Å². The Morgan fingerprint density at radius 1 is 1.47 bits per heavy atom. The highest BCUT2D eigenvalue weighted by Crippen LogP contribution is 2.16. The summed E-state index contributed by atoms with van der Waals surface area (Å²) < 4.78 is 10.5. The van der Waals surface area contributed by atoms with E-state index in [2.05, 4.69) is 5.32 Å². The summed E-state index contributed by atoms with van der Waals surface area (Å²) in [6.45, 7) is 3.34. The molecule has 0 saturated carbocycles. The number of ether oxygens (including phenoxy) is 2. The molecule has 15 heavy (non-hydrogen) atoms. The molecular weight excluding hydrogens is 194 g/mol. The first-order valence-electron chi connectivity index (χ1n) is 5.82. The SMILES string of the molecule is O=C(CC1CCCNC1)OC1CCOC1. The van der Waals surface area contributed by atoms with Gasteiger partial charge in [-0.3, -0.25) is 4.79 Å². The van der Waals surface area contributed by atoms with Gasteiger partial charge in [0.25, 0.3) is 0 Å². The lowest BCUT2D eigenvalue weighted by molar-refractivity contribution is -0.150. The van der Waals surface area contributed by atoms with Gasteiger partial charge in [0, 0.05) is 12.8 Å². The third-order valence-corrected chi connectivity index (χ3v) is 3.04.